The van der Waals surface area contributed by atoms with Gasteiger partial charge in [0.05, 0.1) is 23.7 Å². The molecule has 8 heteroatoms. The highest BCUT2D eigenvalue weighted by molar-refractivity contribution is 5.96. The molecule has 2 aromatic carbocycles. The first-order valence-electron chi connectivity index (χ1n) is 12.4. The van der Waals surface area contributed by atoms with Crippen molar-refractivity contribution < 1.29 is 13.9 Å². The zero-order valence-electron chi connectivity index (χ0n) is 20.1. The number of carbonyl (C=O) groups excluding carboxylic acids is 1. The molecule has 6 rings (SSSR count). The largest absolute Gasteiger partial charge is 0.376 e. The van der Waals surface area contributed by atoms with E-state index in [2.05, 4.69) is 5.32 Å². The Morgan fingerprint density at radius 1 is 1.19 bits per heavy atom. The molecule has 36 heavy (non-hydrogen) atoms. The summed E-state index contributed by atoms with van der Waals surface area (Å²) in [6.07, 6.45) is 8.18. The summed E-state index contributed by atoms with van der Waals surface area (Å²) >= 11 is 0. The Bertz CT molecular complexity index is 1450. The third-order valence-corrected chi connectivity index (χ3v) is 7.20. The molecule has 1 saturated heterocycles. The lowest BCUT2D eigenvalue weighted by Gasteiger charge is -2.16. The molecule has 1 amide bonds. The molecule has 2 fully saturated rings. The molecule has 2 aromatic heterocycles. The first-order chi connectivity index (χ1) is 17.5. The minimum absolute atomic E-state index is 0.140. The van der Waals surface area contributed by atoms with Crippen LogP contribution in [0.1, 0.15) is 53.1 Å². The van der Waals surface area contributed by atoms with Gasteiger partial charge in [-0.15, -0.1) is 0 Å². The number of anilines is 1. The van der Waals surface area contributed by atoms with Crippen LogP contribution in [0.15, 0.2) is 48.8 Å². The third-order valence-electron chi connectivity index (χ3n) is 7.20. The highest BCUT2D eigenvalue weighted by Gasteiger charge is 2.31. The molecule has 0 bridgehead atoms. The Morgan fingerprint density at radius 2 is 2.00 bits per heavy atom. The van der Waals surface area contributed by atoms with Crippen LogP contribution in [0.3, 0.4) is 0 Å². The number of fused-ring (bicyclic) bond motifs is 1. The van der Waals surface area contributed by atoms with Crippen LogP contribution in [0.2, 0.25) is 0 Å². The molecule has 7 nitrogen and oxygen atoms in total. The maximum absolute atomic E-state index is 13.6. The first kappa shape index (κ1) is 22.7. The highest BCUT2D eigenvalue weighted by Crippen LogP contribution is 2.47. The maximum atomic E-state index is 13.6. The number of hydrogen-bond donors (Lipinski definition) is 2. The average Bonchev–Trinajstić information content (AvgIpc) is 3.39. The van der Waals surface area contributed by atoms with Gasteiger partial charge in [0.15, 0.2) is 11.5 Å². The van der Waals surface area contributed by atoms with E-state index in [9.17, 15) is 9.18 Å². The number of benzene rings is 2. The molecule has 3 N–H and O–H groups in total. The van der Waals surface area contributed by atoms with E-state index in [1.165, 1.54) is 12.1 Å². The lowest BCUT2D eigenvalue weighted by molar-refractivity contribution is 0.0999. The fourth-order valence-corrected chi connectivity index (χ4v) is 5.20. The monoisotopic (exact) mass is 485 g/mol. The number of nitrogens with two attached hydrogens (primary N) is 1. The molecule has 0 radical (unpaired) electrons. The Kier molecular flexibility index (Phi) is 5.68. The Hall–Kier alpha value is -3.78. The number of amides is 1. The number of nitrogens with one attached hydrogen (secondary N) is 1. The van der Waals surface area contributed by atoms with Crippen molar-refractivity contribution in [3.63, 3.8) is 0 Å². The van der Waals surface area contributed by atoms with Crippen molar-refractivity contribution in [3.05, 3.63) is 71.3 Å². The fraction of sp³-hybridized carbons (Fsp3) is 0.321. The molecule has 1 aliphatic carbocycles. The minimum Gasteiger partial charge on any atom is -0.376 e. The molecule has 184 valence electrons. The molecule has 4 aromatic rings. The van der Waals surface area contributed by atoms with Crippen LogP contribution in [0, 0.1) is 12.7 Å². The number of hydrogen-bond acceptors (Lipinski definition) is 5. The summed E-state index contributed by atoms with van der Waals surface area (Å²) in [5.74, 6) is 0.346. The van der Waals surface area contributed by atoms with E-state index < -0.39 is 5.91 Å². The van der Waals surface area contributed by atoms with Gasteiger partial charge in [-0.3, -0.25) is 9.20 Å². The smallest absolute Gasteiger partial charge is 0.248 e. The number of rotatable bonds is 7. The standard InChI is InChI=1S/C28H28FN5O2/c1-16-21(26(30)35)10-11-22(25(16)18-4-5-18)24-14-32-28-27(31-13-20-3-2-12-36-20)33-23(15-34(24)28)17-6-8-19(29)9-7-17/h6-11,14-15,18,20H,2-5,12-13H2,1H3,(H2,30,35)(H,31,33). The van der Waals surface area contributed by atoms with Crippen LogP contribution in [0.4, 0.5) is 10.2 Å². The summed E-state index contributed by atoms with van der Waals surface area (Å²) < 4.78 is 21.4. The highest BCUT2D eigenvalue weighted by atomic mass is 19.1. The van der Waals surface area contributed by atoms with Gasteiger partial charge in [0.1, 0.15) is 5.82 Å². The Balaban J connectivity index is 1.51. The van der Waals surface area contributed by atoms with Gasteiger partial charge in [-0.05, 0) is 80.0 Å². The number of carbonyl (C=O) groups is 1. The number of primary amides is 1. The van der Waals surface area contributed by atoms with Crippen molar-refractivity contribution >= 4 is 17.4 Å². The van der Waals surface area contributed by atoms with Crippen molar-refractivity contribution in [2.75, 3.05) is 18.5 Å². The van der Waals surface area contributed by atoms with Gasteiger partial charge in [0.2, 0.25) is 5.91 Å². The second-order valence-electron chi connectivity index (χ2n) is 9.67. The van der Waals surface area contributed by atoms with Crippen LogP contribution in [0.5, 0.6) is 0 Å². The van der Waals surface area contributed by atoms with Crippen LogP contribution in [-0.2, 0) is 4.74 Å². The van der Waals surface area contributed by atoms with Crippen LogP contribution < -0.4 is 11.1 Å². The number of aromatic nitrogens is 3. The molecular weight excluding hydrogens is 457 g/mol. The van der Waals surface area contributed by atoms with Crippen molar-refractivity contribution in [1.82, 2.24) is 14.4 Å². The van der Waals surface area contributed by atoms with E-state index in [0.29, 0.717) is 35.2 Å². The maximum Gasteiger partial charge on any atom is 0.248 e. The van der Waals surface area contributed by atoms with Gasteiger partial charge in [0, 0.05) is 36.0 Å². The minimum atomic E-state index is -0.414. The van der Waals surface area contributed by atoms with Gasteiger partial charge in [-0.1, -0.05) is 6.07 Å². The SMILES string of the molecule is Cc1c(C(N)=O)ccc(-c2cnc3c(NCC4CCCO4)nc(-c4ccc(F)cc4)cn23)c1C1CC1. The Morgan fingerprint density at radius 3 is 2.69 bits per heavy atom. The quantitative estimate of drug-likeness (QED) is 0.381. The van der Waals surface area contributed by atoms with Gasteiger partial charge < -0.3 is 15.8 Å². The van der Waals surface area contributed by atoms with E-state index in [-0.39, 0.29) is 11.9 Å². The average molecular weight is 486 g/mol. The van der Waals surface area contributed by atoms with E-state index in [4.69, 9.17) is 20.4 Å². The first-order valence-corrected chi connectivity index (χ1v) is 12.4. The third kappa shape index (κ3) is 4.11. The topological polar surface area (TPSA) is 94.5 Å². The summed E-state index contributed by atoms with van der Waals surface area (Å²) in [7, 11) is 0. The van der Waals surface area contributed by atoms with Crippen LogP contribution in [0.25, 0.3) is 28.2 Å². The zero-order chi connectivity index (χ0) is 24.8. The van der Waals surface area contributed by atoms with E-state index in [0.717, 1.165) is 60.2 Å². The number of nitrogens with zero attached hydrogens (tertiary/aromatic N) is 3. The predicted octanol–water partition coefficient (Wildman–Crippen LogP) is 5.08. The van der Waals surface area contributed by atoms with Crippen molar-refractivity contribution in [3.8, 4) is 22.5 Å². The molecule has 3 heterocycles. The second kappa shape index (κ2) is 9.02. The van der Waals surface area contributed by atoms with Crippen molar-refractivity contribution in [2.45, 2.75) is 44.6 Å². The molecule has 0 spiro atoms. The molecular formula is C28H28FN5O2. The lowest BCUT2D eigenvalue weighted by atomic mass is 9.92. The second-order valence-corrected chi connectivity index (χ2v) is 9.67. The van der Waals surface area contributed by atoms with Crippen LogP contribution in [-0.4, -0.2) is 39.5 Å². The number of ether oxygens (including phenoxy) is 1. The molecule has 1 unspecified atom stereocenters. The van der Waals surface area contributed by atoms with Crippen LogP contribution >= 0.6 is 0 Å². The number of imidazole rings is 1. The fourth-order valence-electron chi connectivity index (χ4n) is 5.20. The van der Waals surface area contributed by atoms with Crippen molar-refractivity contribution in [1.29, 1.82) is 0 Å². The summed E-state index contributed by atoms with van der Waals surface area (Å²) in [4.78, 5) is 21.6. The summed E-state index contributed by atoms with van der Waals surface area (Å²) in [5, 5.41) is 3.45. The molecule has 1 aliphatic heterocycles. The van der Waals surface area contributed by atoms with Gasteiger partial charge >= 0.3 is 0 Å². The molecule has 1 atom stereocenters. The van der Waals surface area contributed by atoms with Crippen molar-refractivity contribution in [2.24, 2.45) is 5.73 Å². The zero-order valence-corrected chi connectivity index (χ0v) is 20.1. The number of halogens is 1. The van der Waals surface area contributed by atoms with E-state index >= 15 is 0 Å². The summed E-state index contributed by atoms with van der Waals surface area (Å²) in [6.45, 7) is 3.39. The van der Waals surface area contributed by atoms with Gasteiger partial charge in [-0.25, -0.2) is 14.4 Å². The summed E-state index contributed by atoms with van der Waals surface area (Å²) in [6, 6.07) is 10.1. The van der Waals surface area contributed by atoms with E-state index in [1.54, 1.807) is 18.2 Å². The lowest BCUT2D eigenvalue weighted by Crippen LogP contribution is -2.19. The molecule has 2 aliphatic rings. The van der Waals surface area contributed by atoms with Gasteiger partial charge in [0.25, 0.3) is 0 Å². The van der Waals surface area contributed by atoms with Gasteiger partial charge in [-0.2, -0.15) is 0 Å². The normalized spacial score (nSPS) is 17.6. The predicted molar refractivity (Wildman–Crippen MR) is 137 cm³/mol. The molecule has 1 saturated carbocycles. The summed E-state index contributed by atoms with van der Waals surface area (Å²) in [5.41, 5.74) is 12.5. The Labute approximate surface area is 208 Å². The van der Waals surface area contributed by atoms with E-state index in [1.807, 2.05) is 29.8 Å².